The van der Waals surface area contributed by atoms with Crippen molar-refractivity contribution in [2.75, 3.05) is 32.4 Å². The first-order valence-corrected chi connectivity index (χ1v) is 14.0. The molecule has 0 spiro atoms. The molecule has 0 aromatic heterocycles. The van der Waals surface area contributed by atoms with Crippen molar-refractivity contribution in [3.8, 4) is 0 Å². The van der Waals surface area contributed by atoms with Crippen molar-refractivity contribution in [1.82, 2.24) is 9.80 Å². The second-order valence-electron chi connectivity index (χ2n) is 9.49. The van der Waals surface area contributed by atoms with E-state index >= 15 is 0 Å². The van der Waals surface area contributed by atoms with Gasteiger partial charge in [-0.25, -0.2) is 13.4 Å². The van der Waals surface area contributed by atoms with E-state index < -0.39 is 15.4 Å². The highest BCUT2D eigenvalue weighted by Crippen LogP contribution is 2.42. The summed E-state index contributed by atoms with van der Waals surface area (Å²) < 4.78 is 23.6. The molecule has 0 bridgehead atoms. The third kappa shape index (κ3) is 5.51. The normalized spacial score (nSPS) is 19.5. The Morgan fingerprint density at radius 1 is 1.03 bits per heavy atom. The quantitative estimate of drug-likeness (QED) is 0.466. The van der Waals surface area contributed by atoms with Gasteiger partial charge in [0.25, 0.3) is 5.91 Å². The summed E-state index contributed by atoms with van der Waals surface area (Å²) in [6.07, 6.45) is 4.92. The third-order valence-electron chi connectivity index (χ3n) is 7.13. The summed E-state index contributed by atoms with van der Waals surface area (Å²) in [7, 11) is -3.29. The van der Waals surface area contributed by atoms with Gasteiger partial charge in [0.1, 0.15) is 0 Å². The fourth-order valence-corrected chi connectivity index (χ4v) is 5.79. The molecule has 4 rings (SSSR count). The molecule has 2 aromatic carbocycles. The van der Waals surface area contributed by atoms with Crippen LogP contribution in [-0.2, 0) is 26.8 Å². The van der Waals surface area contributed by atoms with Crippen LogP contribution in [0.5, 0.6) is 0 Å². The van der Waals surface area contributed by atoms with Gasteiger partial charge in [0.15, 0.2) is 21.4 Å². The maximum atomic E-state index is 13.7. The second kappa shape index (κ2) is 10.4. The zero-order valence-corrected chi connectivity index (χ0v) is 21.0. The van der Waals surface area contributed by atoms with Crippen LogP contribution in [0.1, 0.15) is 36.8 Å². The number of nitrogens with two attached hydrogens (primary N) is 1. The summed E-state index contributed by atoms with van der Waals surface area (Å²) in [6.45, 7) is 2.19. The number of aliphatic hydroxyl groups is 1. The molecule has 1 saturated carbocycles. The van der Waals surface area contributed by atoms with Crippen LogP contribution >= 0.6 is 0 Å². The van der Waals surface area contributed by atoms with Gasteiger partial charge in [-0.05, 0) is 36.1 Å². The molecule has 1 heterocycles. The topological polar surface area (TPSA) is 116 Å². The molecule has 1 unspecified atom stereocenters. The van der Waals surface area contributed by atoms with Gasteiger partial charge in [0, 0.05) is 38.4 Å². The van der Waals surface area contributed by atoms with Crippen molar-refractivity contribution in [2.24, 2.45) is 16.6 Å². The van der Waals surface area contributed by atoms with Crippen LogP contribution in [0.15, 0.2) is 64.5 Å². The number of sulfone groups is 1. The van der Waals surface area contributed by atoms with E-state index in [0.29, 0.717) is 37.7 Å². The Morgan fingerprint density at radius 3 is 2.29 bits per heavy atom. The highest BCUT2D eigenvalue weighted by Gasteiger charge is 2.48. The molecule has 1 aliphatic heterocycles. The predicted molar refractivity (Wildman–Crippen MR) is 135 cm³/mol. The van der Waals surface area contributed by atoms with E-state index in [1.807, 2.05) is 41.3 Å². The number of hydrogen-bond donors (Lipinski definition) is 2. The van der Waals surface area contributed by atoms with E-state index in [9.17, 15) is 18.3 Å². The molecular formula is C26H34N4O4S. The molecule has 1 saturated heterocycles. The first-order valence-electron chi connectivity index (χ1n) is 12.1. The highest BCUT2D eigenvalue weighted by molar-refractivity contribution is 7.90. The number of carbonyl (C=O) groups excluding carboxylic acids is 1. The molecular weight excluding hydrogens is 464 g/mol. The van der Waals surface area contributed by atoms with E-state index in [2.05, 4.69) is 4.99 Å². The molecule has 8 nitrogen and oxygen atoms in total. The molecule has 1 amide bonds. The predicted octanol–water partition coefficient (Wildman–Crippen LogP) is 2.13. The number of aliphatic imine (C=N–C) groups is 1. The Morgan fingerprint density at radius 2 is 1.66 bits per heavy atom. The van der Waals surface area contributed by atoms with Gasteiger partial charge in [0.2, 0.25) is 0 Å². The third-order valence-corrected chi connectivity index (χ3v) is 8.24. The largest absolute Gasteiger partial charge is 0.375 e. The fourth-order valence-electron chi connectivity index (χ4n) is 5.10. The number of guanidine groups is 1. The minimum atomic E-state index is -3.29. The van der Waals surface area contributed by atoms with E-state index in [1.165, 1.54) is 6.26 Å². The van der Waals surface area contributed by atoms with Crippen LogP contribution in [-0.4, -0.2) is 67.6 Å². The zero-order valence-electron chi connectivity index (χ0n) is 20.1. The Balaban J connectivity index is 1.41. The molecule has 2 aromatic rings. The Kier molecular flexibility index (Phi) is 7.47. The lowest BCUT2D eigenvalue weighted by Crippen LogP contribution is -2.58. The van der Waals surface area contributed by atoms with Gasteiger partial charge in [-0.15, -0.1) is 0 Å². The van der Waals surface area contributed by atoms with Crippen LogP contribution < -0.4 is 5.73 Å². The molecule has 3 N–H and O–H groups in total. The summed E-state index contributed by atoms with van der Waals surface area (Å²) in [5.41, 5.74) is 6.14. The van der Waals surface area contributed by atoms with Crippen molar-refractivity contribution in [3.63, 3.8) is 0 Å². The van der Waals surface area contributed by atoms with Gasteiger partial charge >= 0.3 is 0 Å². The lowest BCUT2D eigenvalue weighted by atomic mass is 9.79. The molecule has 2 aliphatic rings. The SMILES string of the molecule is CS(=O)(=O)c1cccc(CN=C(N)N2CCN(C(=O)C(O)(c3ccccc3)C3CCCC3)CC2)c1. The molecule has 1 atom stereocenters. The number of nitrogens with zero attached hydrogens (tertiary/aromatic N) is 3. The second-order valence-corrected chi connectivity index (χ2v) is 11.5. The maximum absolute atomic E-state index is 13.7. The summed E-state index contributed by atoms with van der Waals surface area (Å²) >= 11 is 0. The van der Waals surface area contributed by atoms with Crippen molar-refractivity contribution in [2.45, 2.75) is 42.7 Å². The highest BCUT2D eigenvalue weighted by atomic mass is 32.2. The van der Waals surface area contributed by atoms with Crippen molar-refractivity contribution in [3.05, 3.63) is 65.7 Å². The van der Waals surface area contributed by atoms with Crippen LogP contribution in [0.25, 0.3) is 0 Å². The van der Waals surface area contributed by atoms with Crippen LogP contribution in [0.2, 0.25) is 0 Å². The summed E-state index contributed by atoms with van der Waals surface area (Å²) in [4.78, 5) is 22.0. The van der Waals surface area contributed by atoms with Crippen molar-refractivity contribution < 1.29 is 18.3 Å². The van der Waals surface area contributed by atoms with E-state index in [0.717, 1.165) is 31.2 Å². The van der Waals surface area contributed by atoms with Gasteiger partial charge in [-0.3, -0.25) is 4.79 Å². The van der Waals surface area contributed by atoms with Gasteiger partial charge in [0.05, 0.1) is 11.4 Å². The summed E-state index contributed by atoms with van der Waals surface area (Å²) in [5, 5.41) is 11.8. The van der Waals surface area contributed by atoms with Crippen LogP contribution in [0.3, 0.4) is 0 Å². The smallest absolute Gasteiger partial charge is 0.259 e. The van der Waals surface area contributed by atoms with Crippen LogP contribution in [0.4, 0.5) is 0 Å². The first-order chi connectivity index (χ1) is 16.7. The van der Waals surface area contributed by atoms with Crippen LogP contribution in [0, 0.1) is 5.92 Å². The number of rotatable bonds is 6. The number of hydrogen-bond acceptors (Lipinski definition) is 5. The molecule has 0 radical (unpaired) electrons. The van der Waals surface area contributed by atoms with Crippen molar-refractivity contribution in [1.29, 1.82) is 0 Å². The Labute approximate surface area is 207 Å². The lowest BCUT2D eigenvalue weighted by molar-refractivity contribution is -0.160. The Hall–Kier alpha value is -2.91. The first kappa shape index (κ1) is 25.2. The minimum absolute atomic E-state index is 0.0789. The molecule has 188 valence electrons. The summed E-state index contributed by atoms with van der Waals surface area (Å²) in [6, 6.07) is 16.0. The maximum Gasteiger partial charge on any atom is 0.259 e. The van der Waals surface area contributed by atoms with Gasteiger partial charge in [-0.1, -0.05) is 55.3 Å². The number of amides is 1. The average Bonchev–Trinajstić information content (AvgIpc) is 3.42. The summed E-state index contributed by atoms with van der Waals surface area (Å²) in [5.74, 6) is 0.0454. The van der Waals surface area contributed by atoms with Gasteiger partial charge in [-0.2, -0.15) is 0 Å². The van der Waals surface area contributed by atoms with E-state index in [-0.39, 0.29) is 23.3 Å². The monoisotopic (exact) mass is 498 g/mol. The number of carbonyl (C=O) groups is 1. The molecule has 1 aliphatic carbocycles. The standard InChI is InChI=1S/C26H34N4O4S/c1-35(33,34)23-13-7-8-20(18-23)19-28-25(27)30-16-14-29(15-17-30)24(31)26(32,22-11-5-6-12-22)21-9-3-2-4-10-21/h2-4,7-10,13,18,22,32H,5-6,11-12,14-17,19H2,1H3,(H2,27,28). The van der Waals surface area contributed by atoms with E-state index in [1.54, 1.807) is 23.1 Å². The zero-order chi connectivity index (χ0) is 25.1. The van der Waals surface area contributed by atoms with E-state index in [4.69, 9.17) is 5.73 Å². The van der Waals surface area contributed by atoms with Crippen molar-refractivity contribution >= 4 is 21.7 Å². The molecule has 35 heavy (non-hydrogen) atoms. The minimum Gasteiger partial charge on any atom is -0.375 e. The Bertz CT molecular complexity index is 1170. The van der Waals surface area contributed by atoms with Gasteiger partial charge < -0.3 is 20.6 Å². The lowest BCUT2D eigenvalue weighted by Gasteiger charge is -2.41. The molecule has 2 fully saturated rings. The number of benzene rings is 2. The average molecular weight is 499 g/mol. The number of piperazine rings is 1. The molecule has 9 heteroatoms. The fraction of sp³-hybridized carbons (Fsp3) is 0.462.